The molecule has 0 spiro atoms. The first kappa shape index (κ1) is 16.6. The van der Waals surface area contributed by atoms with E-state index in [4.69, 9.17) is 23.2 Å². The van der Waals surface area contributed by atoms with Gasteiger partial charge in [-0.05, 0) is 19.3 Å². The van der Waals surface area contributed by atoms with Crippen molar-refractivity contribution in [1.82, 2.24) is 19.6 Å². The molecule has 124 valence electrons. The summed E-state index contributed by atoms with van der Waals surface area (Å²) in [6, 6.07) is 2.02. The Hall–Kier alpha value is -2.30. The molecule has 1 amide bonds. The Bertz CT molecular complexity index is 847. The molecule has 2 aromatic heterocycles. The molecule has 3 heterocycles. The molecule has 0 fully saturated rings. The Kier molecular flexibility index (Phi) is 4.60. The lowest BCUT2D eigenvalue weighted by molar-refractivity contribution is -0.107. The molecular weight excluding hydrogens is 351 g/mol. The van der Waals surface area contributed by atoms with Crippen molar-refractivity contribution in [1.29, 1.82) is 5.26 Å². The summed E-state index contributed by atoms with van der Waals surface area (Å²) in [7, 11) is 0. The van der Waals surface area contributed by atoms with Crippen molar-refractivity contribution in [3.63, 3.8) is 0 Å². The van der Waals surface area contributed by atoms with Gasteiger partial charge in [0, 0.05) is 11.6 Å². The SMILES string of the molecule is C=C(Cl)CN(C=O)c1c(C#N)cnn1-c1nn2c(c1Cl)CCCC2. The number of nitrogens with zero attached hydrogens (tertiary/aromatic N) is 6. The van der Waals surface area contributed by atoms with Gasteiger partial charge in [0.2, 0.25) is 6.41 Å². The number of carbonyl (C=O) groups excluding carboxylic acids is 1. The summed E-state index contributed by atoms with van der Waals surface area (Å²) >= 11 is 12.3. The molecule has 0 aliphatic carbocycles. The van der Waals surface area contributed by atoms with Gasteiger partial charge in [0.05, 0.1) is 18.4 Å². The standard InChI is InChI=1S/C15H14Cl2N6O/c1-10(16)8-21(9-24)15-11(6-18)7-19-23(15)14-13(17)12-4-2-3-5-22(12)20-14/h7,9H,1-5,8H2. The second-order valence-corrected chi connectivity index (χ2v) is 6.33. The van der Waals surface area contributed by atoms with Crippen molar-refractivity contribution in [2.75, 3.05) is 11.4 Å². The van der Waals surface area contributed by atoms with Gasteiger partial charge in [-0.25, -0.2) is 0 Å². The van der Waals surface area contributed by atoms with E-state index in [9.17, 15) is 10.1 Å². The van der Waals surface area contributed by atoms with Crippen LogP contribution in [0.15, 0.2) is 17.8 Å². The molecule has 0 saturated carbocycles. The van der Waals surface area contributed by atoms with Gasteiger partial charge in [0.15, 0.2) is 11.6 Å². The van der Waals surface area contributed by atoms with Crippen molar-refractivity contribution in [2.45, 2.75) is 25.8 Å². The first-order valence-corrected chi connectivity index (χ1v) is 8.11. The lowest BCUT2D eigenvalue weighted by atomic mass is 10.1. The van der Waals surface area contributed by atoms with Crippen LogP contribution in [0.4, 0.5) is 5.82 Å². The van der Waals surface area contributed by atoms with E-state index in [1.54, 1.807) is 0 Å². The number of halogens is 2. The molecule has 3 rings (SSSR count). The normalized spacial score (nSPS) is 13.2. The third-order valence-electron chi connectivity index (χ3n) is 3.82. The molecule has 0 radical (unpaired) electrons. The first-order chi connectivity index (χ1) is 11.6. The third-order valence-corrected chi connectivity index (χ3v) is 4.32. The molecule has 24 heavy (non-hydrogen) atoms. The molecular formula is C15H14Cl2N6O. The number of fused-ring (bicyclic) bond motifs is 1. The molecule has 0 saturated heterocycles. The topological polar surface area (TPSA) is 79.7 Å². The number of amides is 1. The largest absolute Gasteiger partial charge is 0.293 e. The average molecular weight is 365 g/mol. The second kappa shape index (κ2) is 6.67. The molecule has 9 heteroatoms. The van der Waals surface area contributed by atoms with Crippen LogP contribution in [0.5, 0.6) is 0 Å². The van der Waals surface area contributed by atoms with E-state index in [1.165, 1.54) is 15.8 Å². The zero-order valence-electron chi connectivity index (χ0n) is 12.7. The molecule has 0 atom stereocenters. The van der Waals surface area contributed by atoms with Gasteiger partial charge in [-0.1, -0.05) is 29.8 Å². The van der Waals surface area contributed by atoms with Gasteiger partial charge in [-0.2, -0.15) is 20.1 Å². The fourth-order valence-electron chi connectivity index (χ4n) is 2.77. The maximum atomic E-state index is 11.5. The predicted molar refractivity (Wildman–Crippen MR) is 90.4 cm³/mol. The van der Waals surface area contributed by atoms with Crippen LogP contribution in [0.3, 0.4) is 0 Å². The number of hydrogen-bond acceptors (Lipinski definition) is 4. The Morgan fingerprint density at radius 1 is 1.54 bits per heavy atom. The number of rotatable bonds is 5. The van der Waals surface area contributed by atoms with E-state index in [0.717, 1.165) is 31.5 Å². The maximum Gasteiger partial charge on any atom is 0.215 e. The first-order valence-electron chi connectivity index (χ1n) is 7.35. The Balaban J connectivity index is 2.14. The van der Waals surface area contributed by atoms with Gasteiger partial charge >= 0.3 is 0 Å². The van der Waals surface area contributed by atoms with E-state index in [-0.39, 0.29) is 23.0 Å². The molecule has 1 aliphatic rings. The monoisotopic (exact) mass is 364 g/mol. The lowest BCUT2D eigenvalue weighted by Gasteiger charge is -2.17. The fraction of sp³-hybridized carbons (Fsp3) is 0.333. The van der Waals surface area contributed by atoms with Crippen LogP contribution in [0.1, 0.15) is 24.1 Å². The van der Waals surface area contributed by atoms with E-state index in [1.807, 2.05) is 10.8 Å². The van der Waals surface area contributed by atoms with Gasteiger partial charge in [-0.15, -0.1) is 0 Å². The van der Waals surface area contributed by atoms with Crippen LogP contribution in [-0.4, -0.2) is 32.5 Å². The number of hydrogen-bond donors (Lipinski definition) is 0. The van der Waals surface area contributed by atoms with Gasteiger partial charge in [-0.3, -0.25) is 14.4 Å². The molecule has 0 bridgehead atoms. The summed E-state index contributed by atoms with van der Waals surface area (Å²) < 4.78 is 3.25. The molecule has 0 N–H and O–H groups in total. The zero-order valence-corrected chi connectivity index (χ0v) is 14.3. The summed E-state index contributed by atoms with van der Waals surface area (Å²) in [5.74, 6) is 0.670. The number of anilines is 1. The Labute approximate surface area is 148 Å². The van der Waals surface area contributed by atoms with Crippen LogP contribution in [0.2, 0.25) is 5.02 Å². The fourth-order valence-corrected chi connectivity index (χ4v) is 3.21. The van der Waals surface area contributed by atoms with Crippen LogP contribution < -0.4 is 4.90 Å². The third kappa shape index (κ3) is 2.79. The smallest absolute Gasteiger partial charge is 0.215 e. The quantitative estimate of drug-likeness (QED) is 0.763. The van der Waals surface area contributed by atoms with E-state index >= 15 is 0 Å². The highest BCUT2D eigenvalue weighted by molar-refractivity contribution is 6.33. The Morgan fingerprint density at radius 2 is 2.33 bits per heavy atom. The summed E-state index contributed by atoms with van der Waals surface area (Å²) in [5, 5.41) is 18.8. The number of aromatic nitrogens is 4. The number of carbonyl (C=O) groups is 1. The van der Waals surface area contributed by atoms with E-state index < -0.39 is 0 Å². The summed E-state index contributed by atoms with van der Waals surface area (Å²) in [5.41, 5.74) is 1.17. The van der Waals surface area contributed by atoms with Crippen molar-refractivity contribution >= 4 is 35.4 Å². The molecule has 7 nitrogen and oxygen atoms in total. The molecule has 0 aromatic carbocycles. The second-order valence-electron chi connectivity index (χ2n) is 5.42. The van der Waals surface area contributed by atoms with Crippen molar-refractivity contribution in [3.05, 3.63) is 34.1 Å². The van der Waals surface area contributed by atoms with Crippen LogP contribution in [0, 0.1) is 11.3 Å². The van der Waals surface area contributed by atoms with Gasteiger partial charge in [0.25, 0.3) is 0 Å². The van der Waals surface area contributed by atoms with Crippen LogP contribution in [-0.2, 0) is 17.8 Å². The number of nitriles is 1. The predicted octanol–water partition coefficient (Wildman–Crippen LogP) is 2.65. The lowest BCUT2D eigenvalue weighted by Crippen LogP contribution is -2.26. The summed E-state index contributed by atoms with van der Waals surface area (Å²) in [6.07, 6.45) is 4.87. The van der Waals surface area contributed by atoms with Crippen LogP contribution in [0.25, 0.3) is 5.82 Å². The minimum absolute atomic E-state index is 0.0522. The zero-order chi connectivity index (χ0) is 17.3. The van der Waals surface area contributed by atoms with Crippen LogP contribution >= 0.6 is 23.2 Å². The molecule has 2 aromatic rings. The minimum atomic E-state index is 0.0522. The highest BCUT2D eigenvalue weighted by Crippen LogP contribution is 2.32. The van der Waals surface area contributed by atoms with Crippen molar-refractivity contribution < 1.29 is 4.79 Å². The average Bonchev–Trinajstić information content (AvgIpc) is 3.14. The van der Waals surface area contributed by atoms with Gasteiger partial charge in [0.1, 0.15) is 16.7 Å². The molecule has 0 unspecified atom stereocenters. The summed E-state index contributed by atoms with van der Waals surface area (Å²) in [6.45, 7) is 4.42. The minimum Gasteiger partial charge on any atom is -0.293 e. The number of aryl methyl sites for hydroxylation is 1. The van der Waals surface area contributed by atoms with E-state index in [2.05, 4.69) is 16.8 Å². The van der Waals surface area contributed by atoms with E-state index in [0.29, 0.717) is 17.3 Å². The summed E-state index contributed by atoms with van der Waals surface area (Å²) in [4.78, 5) is 12.7. The van der Waals surface area contributed by atoms with Gasteiger partial charge < -0.3 is 0 Å². The highest BCUT2D eigenvalue weighted by atomic mass is 35.5. The maximum absolute atomic E-state index is 11.5. The molecule has 1 aliphatic heterocycles. The Morgan fingerprint density at radius 3 is 2.96 bits per heavy atom. The van der Waals surface area contributed by atoms with Crippen molar-refractivity contribution in [3.8, 4) is 11.9 Å². The van der Waals surface area contributed by atoms with Crippen molar-refractivity contribution in [2.24, 2.45) is 0 Å². The highest BCUT2D eigenvalue weighted by Gasteiger charge is 2.26.